The van der Waals surface area contributed by atoms with Gasteiger partial charge < -0.3 is 10.6 Å². The zero-order chi connectivity index (χ0) is 18.9. The van der Waals surface area contributed by atoms with Crippen molar-refractivity contribution < 1.29 is 9.59 Å². The summed E-state index contributed by atoms with van der Waals surface area (Å²) in [4.78, 5) is 25.4. The number of amides is 2. The Morgan fingerprint density at radius 2 is 1.15 bits per heavy atom. The molecule has 2 aromatic carbocycles. The van der Waals surface area contributed by atoms with Crippen LogP contribution < -0.4 is 10.6 Å². The van der Waals surface area contributed by atoms with E-state index in [0.717, 1.165) is 17.5 Å². The van der Waals surface area contributed by atoms with Gasteiger partial charge in [0.05, 0.1) is 12.1 Å². The van der Waals surface area contributed by atoms with Gasteiger partial charge in [0, 0.05) is 0 Å². The molecule has 2 aromatic rings. The molecule has 0 aliphatic rings. The summed E-state index contributed by atoms with van der Waals surface area (Å²) in [7, 11) is 0. The summed E-state index contributed by atoms with van der Waals surface area (Å²) >= 11 is 0. The van der Waals surface area contributed by atoms with Gasteiger partial charge in [-0.25, -0.2) is 0 Å². The second-order valence-corrected chi connectivity index (χ2v) is 6.62. The fourth-order valence-electron chi connectivity index (χ4n) is 2.95. The van der Waals surface area contributed by atoms with Gasteiger partial charge in [0.15, 0.2) is 0 Å². The third-order valence-corrected chi connectivity index (χ3v) is 4.53. The Morgan fingerprint density at radius 1 is 0.769 bits per heavy atom. The molecule has 0 saturated carbocycles. The van der Waals surface area contributed by atoms with Gasteiger partial charge in [-0.15, -0.1) is 0 Å². The molecule has 0 spiro atoms. The van der Waals surface area contributed by atoms with Crippen LogP contribution in [0.25, 0.3) is 0 Å². The van der Waals surface area contributed by atoms with Crippen molar-refractivity contribution in [3.63, 3.8) is 0 Å². The van der Waals surface area contributed by atoms with Crippen LogP contribution in [0.15, 0.2) is 60.7 Å². The minimum absolute atomic E-state index is 0.137. The molecule has 0 radical (unpaired) electrons. The molecule has 4 heteroatoms. The Kier molecular flexibility index (Phi) is 7.39. The van der Waals surface area contributed by atoms with E-state index < -0.39 is 5.92 Å². The highest BCUT2D eigenvalue weighted by molar-refractivity contribution is 6.00. The highest BCUT2D eigenvalue weighted by atomic mass is 16.2. The number of carbonyl (C=O) groups excluding carboxylic acids is 2. The lowest BCUT2D eigenvalue weighted by molar-refractivity contribution is -0.136. The third kappa shape index (κ3) is 5.45. The molecule has 2 atom stereocenters. The molecule has 0 aromatic heterocycles. The first kappa shape index (κ1) is 19.7. The first-order valence-corrected chi connectivity index (χ1v) is 9.23. The van der Waals surface area contributed by atoms with Gasteiger partial charge in [0.1, 0.15) is 5.92 Å². The number of hydrogen-bond donors (Lipinski definition) is 2. The van der Waals surface area contributed by atoms with Crippen molar-refractivity contribution >= 4 is 11.8 Å². The number of rotatable bonds is 8. The molecule has 0 aliphatic heterocycles. The molecule has 0 aliphatic carbocycles. The van der Waals surface area contributed by atoms with Gasteiger partial charge in [0.25, 0.3) is 0 Å². The van der Waals surface area contributed by atoms with Gasteiger partial charge >= 0.3 is 0 Å². The van der Waals surface area contributed by atoms with Gasteiger partial charge in [0.2, 0.25) is 11.8 Å². The lowest BCUT2D eigenvalue weighted by Crippen LogP contribution is -2.42. The summed E-state index contributed by atoms with van der Waals surface area (Å²) in [5.74, 6) is -1.13. The second-order valence-electron chi connectivity index (χ2n) is 6.62. The Morgan fingerprint density at radius 3 is 1.50 bits per heavy atom. The molecule has 26 heavy (non-hydrogen) atoms. The molecule has 138 valence electrons. The lowest BCUT2D eigenvalue weighted by Gasteiger charge is -2.22. The summed E-state index contributed by atoms with van der Waals surface area (Å²) in [6, 6.07) is 19.2. The smallest absolute Gasteiger partial charge is 0.233 e. The van der Waals surface area contributed by atoms with Crippen molar-refractivity contribution in [1.82, 2.24) is 10.6 Å². The van der Waals surface area contributed by atoms with Crippen molar-refractivity contribution in [3.8, 4) is 0 Å². The zero-order valence-electron chi connectivity index (χ0n) is 15.7. The Bertz CT molecular complexity index is 641. The van der Waals surface area contributed by atoms with Crippen LogP contribution in [0.4, 0.5) is 0 Å². The molecular formula is C22H28N2O2. The van der Waals surface area contributed by atoms with Crippen LogP contribution in [0.5, 0.6) is 0 Å². The minimum Gasteiger partial charge on any atom is -0.349 e. The first-order chi connectivity index (χ1) is 12.5. The summed E-state index contributed by atoms with van der Waals surface area (Å²) < 4.78 is 0. The number of carbonyl (C=O) groups is 2. The van der Waals surface area contributed by atoms with Crippen LogP contribution in [-0.4, -0.2) is 11.8 Å². The normalized spacial score (nSPS) is 14.1. The summed E-state index contributed by atoms with van der Waals surface area (Å²) in [5.41, 5.74) is 2.04. The molecule has 0 saturated heterocycles. The average molecular weight is 352 g/mol. The first-order valence-electron chi connectivity index (χ1n) is 9.23. The SMILES string of the molecule is CCCC(C(=O)NC(C)c1ccccc1)C(=O)NC(C)c1ccccc1. The minimum atomic E-state index is -0.683. The van der Waals surface area contributed by atoms with Gasteiger partial charge in [-0.1, -0.05) is 74.0 Å². The van der Waals surface area contributed by atoms with Gasteiger partial charge in [-0.05, 0) is 31.4 Å². The fraction of sp³-hybridized carbons (Fsp3) is 0.364. The van der Waals surface area contributed by atoms with E-state index in [0.29, 0.717) is 6.42 Å². The number of hydrogen-bond acceptors (Lipinski definition) is 2. The van der Waals surface area contributed by atoms with E-state index >= 15 is 0 Å². The van der Waals surface area contributed by atoms with Crippen molar-refractivity contribution in [3.05, 3.63) is 71.8 Å². The van der Waals surface area contributed by atoms with Gasteiger partial charge in [-0.3, -0.25) is 9.59 Å². The van der Waals surface area contributed by atoms with Crippen LogP contribution in [0.1, 0.15) is 56.8 Å². The van der Waals surface area contributed by atoms with E-state index in [1.807, 2.05) is 81.4 Å². The predicted octanol–water partition coefficient (Wildman–Crippen LogP) is 4.16. The lowest BCUT2D eigenvalue weighted by atomic mass is 9.99. The molecule has 2 N–H and O–H groups in total. The highest BCUT2D eigenvalue weighted by Crippen LogP contribution is 2.17. The van der Waals surface area contributed by atoms with Crippen LogP contribution in [0.2, 0.25) is 0 Å². The highest BCUT2D eigenvalue weighted by Gasteiger charge is 2.28. The topological polar surface area (TPSA) is 58.2 Å². The van der Waals surface area contributed by atoms with Crippen molar-refractivity contribution in [2.24, 2.45) is 5.92 Å². The van der Waals surface area contributed by atoms with E-state index in [-0.39, 0.29) is 23.9 Å². The Labute approximate surface area is 156 Å². The Balaban J connectivity index is 2.02. The fourth-order valence-corrected chi connectivity index (χ4v) is 2.95. The standard InChI is InChI=1S/C22H28N2O2/c1-4-11-20(21(25)23-16(2)18-12-7-5-8-13-18)22(26)24-17(3)19-14-9-6-10-15-19/h5-10,12-17,20H,4,11H2,1-3H3,(H,23,25)(H,24,26). The molecule has 0 bridgehead atoms. The van der Waals surface area contributed by atoms with E-state index in [2.05, 4.69) is 10.6 Å². The largest absolute Gasteiger partial charge is 0.349 e. The maximum absolute atomic E-state index is 12.7. The van der Waals surface area contributed by atoms with Crippen LogP contribution in [-0.2, 0) is 9.59 Å². The summed E-state index contributed by atoms with van der Waals surface area (Å²) in [6.45, 7) is 5.84. The molecule has 0 heterocycles. The monoisotopic (exact) mass is 352 g/mol. The van der Waals surface area contributed by atoms with Crippen molar-refractivity contribution in [2.45, 2.75) is 45.7 Å². The van der Waals surface area contributed by atoms with E-state index in [1.54, 1.807) is 0 Å². The van der Waals surface area contributed by atoms with E-state index in [1.165, 1.54) is 0 Å². The molecule has 2 rings (SSSR count). The summed E-state index contributed by atoms with van der Waals surface area (Å²) in [6.07, 6.45) is 1.30. The van der Waals surface area contributed by atoms with Crippen molar-refractivity contribution in [1.29, 1.82) is 0 Å². The second kappa shape index (κ2) is 9.76. The van der Waals surface area contributed by atoms with E-state index in [9.17, 15) is 9.59 Å². The number of benzene rings is 2. The number of nitrogens with one attached hydrogen (secondary N) is 2. The van der Waals surface area contributed by atoms with E-state index in [4.69, 9.17) is 0 Å². The van der Waals surface area contributed by atoms with Crippen molar-refractivity contribution in [2.75, 3.05) is 0 Å². The molecule has 2 unspecified atom stereocenters. The van der Waals surface area contributed by atoms with Gasteiger partial charge in [-0.2, -0.15) is 0 Å². The third-order valence-electron chi connectivity index (χ3n) is 4.53. The Hall–Kier alpha value is -2.62. The zero-order valence-corrected chi connectivity index (χ0v) is 15.7. The maximum atomic E-state index is 12.7. The predicted molar refractivity (Wildman–Crippen MR) is 104 cm³/mol. The maximum Gasteiger partial charge on any atom is 0.233 e. The molecule has 0 fully saturated rings. The summed E-state index contributed by atoms with van der Waals surface area (Å²) in [5, 5.41) is 5.95. The molecule has 4 nitrogen and oxygen atoms in total. The quantitative estimate of drug-likeness (QED) is 0.701. The molecule has 2 amide bonds. The van der Waals surface area contributed by atoms with Crippen LogP contribution in [0, 0.1) is 5.92 Å². The van der Waals surface area contributed by atoms with Crippen LogP contribution >= 0.6 is 0 Å². The average Bonchev–Trinajstić information content (AvgIpc) is 2.67. The van der Waals surface area contributed by atoms with Crippen LogP contribution in [0.3, 0.4) is 0 Å². The molecular weight excluding hydrogens is 324 g/mol.